The van der Waals surface area contributed by atoms with Gasteiger partial charge in [0.2, 0.25) is 5.91 Å². The fourth-order valence-electron chi connectivity index (χ4n) is 3.44. The second-order valence-corrected chi connectivity index (χ2v) is 7.06. The molecular formula is C15H23N3OS. The molecule has 3 N–H and O–H groups in total. The van der Waals surface area contributed by atoms with Crippen LogP contribution in [0.4, 0.5) is 5.13 Å². The maximum Gasteiger partial charge on any atom is 0.229 e. The summed E-state index contributed by atoms with van der Waals surface area (Å²) in [5, 5.41) is 3.84. The molecule has 2 unspecified atom stereocenters. The number of nitrogens with one attached hydrogen (secondary N) is 1. The molecule has 110 valence electrons. The van der Waals surface area contributed by atoms with Crippen LogP contribution in [0.1, 0.15) is 49.1 Å². The van der Waals surface area contributed by atoms with Gasteiger partial charge in [-0.3, -0.25) is 4.79 Å². The van der Waals surface area contributed by atoms with E-state index in [0.717, 1.165) is 37.2 Å². The molecule has 0 spiro atoms. The number of aryl methyl sites for hydroxylation is 2. The fourth-order valence-corrected chi connectivity index (χ4v) is 4.49. The van der Waals surface area contributed by atoms with Gasteiger partial charge in [-0.1, -0.05) is 12.8 Å². The van der Waals surface area contributed by atoms with Gasteiger partial charge in [0, 0.05) is 10.8 Å². The molecule has 1 aromatic heterocycles. The summed E-state index contributed by atoms with van der Waals surface area (Å²) in [6.45, 7) is 0.618. The molecule has 1 fully saturated rings. The van der Waals surface area contributed by atoms with Gasteiger partial charge in [-0.15, -0.1) is 11.3 Å². The van der Waals surface area contributed by atoms with Crippen molar-refractivity contribution in [1.29, 1.82) is 0 Å². The second-order valence-electron chi connectivity index (χ2n) is 5.97. The van der Waals surface area contributed by atoms with Crippen LogP contribution in [0.3, 0.4) is 0 Å². The normalized spacial score (nSPS) is 26.1. The average Bonchev–Trinajstić information content (AvgIpc) is 2.89. The van der Waals surface area contributed by atoms with E-state index in [1.165, 1.54) is 29.8 Å². The van der Waals surface area contributed by atoms with Crippen molar-refractivity contribution in [2.45, 2.75) is 51.4 Å². The highest BCUT2D eigenvalue weighted by molar-refractivity contribution is 7.15. The molecule has 1 heterocycles. The largest absolute Gasteiger partial charge is 0.330 e. The third kappa shape index (κ3) is 2.88. The Hall–Kier alpha value is -0.940. The number of nitrogens with two attached hydrogens (primary N) is 1. The molecule has 3 rings (SSSR count). The summed E-state index contributed by atoms with van der Waals surface area (Å²) >= 11 is 1.66. The first-order chi connectivity index (χ1) is 9.78. The number of anilines is 1. The quantitative estimate of drug-likeness (QED) is 0.900. The summed E-state index contributed by atoms with van der Waals surface area (Å²) in [5.74, 6) is 0.555. The van der Waals surface area contributed by atoms with Crippen LogP contribution in [0.5, 0.6) is 0 Å². The Morgan fingerprint density at radius 3 is 2.85 bits per heavy atom. The zero-order valence-electron chi connectivity index (χ0n) is 11.9. The third-order valence-electron chi connectivity index (χ3n) is 4.62. The fraction of sp³-hybridized carbons (Fsp3) is 0.733. The van der Waals surface area contributed by atoms with Gasteiger partial charge in [0.05, 0.1) is 5.69 Å². The molecule has 1 saturated carbocycles. The zero-order chi connectivity index (χ0) is 13.9. The third-order valence-corrected chi connectivity index (χ3v) is 5.70. The Kier molecular flexibility index (Phi) is 4.36. The van der Waals surface area contributed by atoms with Crippen molar-refractivity contribution < 1.29 is 4.79 Å². The van der Waals surface area contributed by atoms with Crippen LogP contribution in [0.25, 0.3) is 0 Å². The summed E-state index contributed by atoms with van der Waals surface area (Å²) in [6.07, 6.45) is 9.07. The maximum atomic E-state index is 12.4. The highest BCUT2D eigenvalue weighted by Crippen LogP contribution is 2.33. The molecule has 2 atom stereocenters. The van der Waals surface area contributed by atoms with E-state index in [4.69, 9.17) is 5.73 Å². The number of fused-ring (bicyclic) bond motifs is 1. The highest BCUT2D eigenvalue weighted by atomic mass is 32.1. The van der Waals surface area contributed by atoms with E-state index in [2.05, 4.69) is 10.3 Å². The van der Waals surface area contributed by atoms with Gasteiger partial charge in [0.1, 0.15) is 0 Å². The molecule has 2 aliphatic carbocycles. The van der Waals surface area contributed by atoms with Crippen molar-refractivity contribution in [3.63, 3.8) is 0 Å². The van der Waals surface area contributed by atoms with E-state index < -0.39 is 0 Å². The number of nitrogens with zero attached hydrogens (tertiary/aromatic N) is 1. The summed E-state index contributed by atoms with van der Waals surface area (Å²) in [7, 11) is 0. The molecular weight excluding hydrogens is 270 g/mol. The summed E-state index contributed by atoms with van der Waals surface area (Å²) in [4.78, 5) is 18.4. The van der Waals surface area contributed by atoms with Crippen LogP contribution < -0.4 is 11.1 Å². The lowest BCUT2D eigenvalue weighted by atomic mass is 9.79. The van der Waals surface area contributed by atoms with Crippen LogP contribution in [-0.2, 0) is 17.6 Å². The Bertz CT molecular complexity index is 462. The number of hydrogen-bond donors (Lipinski definition) is 2. The Morgan fingerprint density at radius 1 is 1.25 bits per heavy atom. The Balaban J connectivity index is 1.67. The lowest BCUT2D eigenvalue weighted by molar-refractivity contribution is -0.122. The van der Waals surface area contributed by atoms with Crippen LogP contribution in [0, 0.1) is 11.8 Å². The van der Waals surface area contributed by atoms with E-state index in [-0.39, 0.29) is 11.8 Å². The van der Waals surface area contributed by atoms with Gasteiger partial charge < -0.3 is 11.1 Å². The lowest BCUT2D eigenvalue weighted by Crippen LogP contribution is -2.35. The first-order valence-electron chi connectivity index (χ1n) is 7.77. The number of thiazole rings is 1. The summed E-state index contributed by atoms with van der Waals surface area (Å²) in [6, 6.07) is 0. The predicted octanol–water partition coefficient (Wildman–Crippen LogP) is 2.73. The molecule has 0 aliphatic heterocycles. The number of rotatable bonds is 3. The van der Waals surface area contributed by atoms with E-state index in [1.54, 1.807) is 11.3 Å². The van der Waals surface area contributed by atoms with Crippen molar-refractivity contribution in [3.8, 4) is 0 Å². The number of hydrogen-bond acceptors (Lipinski definition) is 4. The highest BCUT2D eigenvalue weighted by Gasteiger charge is 2.30. The predicted molar refractivity (Wildman–Crippen MR) is 81.9 cm³/mol. The van der Waals surface area contributed by atoms with E-state index >= 15 is 0 Å². The Labute approximate surface area is 124 Å². The minimum Gasteiger partial charge on any atom is -0.330 e. The maximum absolute atomic E-state index is 12.4. The smallest absolute Gasteiger partial charge is 0.229 e. The molecule has 5 heteroatoms. The van der Waals surface area contributed by atoms with Crippen molar-refractivity contribution >= 4 is 22.4 Å². The molecule has 20 heavy (non-hydrogen) atoms. The van der Waals surface area contributed by atoms with Gasteiger partial charge in [0.25, 0.3) is 0 Å². The van der Waals surface area contributed by atoms with Crippen molar-refractivity contribution in [1.82, 2.24) is 4.98 Å². The minimum absolute atomic E-state index is 0.0784. The second kappa shape index (κ2) is 6.22. The van der Waals surface area contributed by atoms with Gasteiger partial charge in [-0.05, 0) is 51.0 Å². The van der Waals surface area contributed by atoms with E-state index in [0.29, 0.717) is 12.5 Å². The Morgan fingerprint density at radius 2 is 2.05 bits per heavy atom. The number of amides is 1. The minimum atomic E-state index is 0.0784. The number of aromatic nitrogens is 1. The molecule has 0 bridgehead atoms. The van der Waals surface area contributed by atoms with Crippen LogP contribution in [0.2, 0.25) is 0 Å². The first-order valence-corrected chi connectivity index (χ1v) is 8.59. The molecule has 1 aromatic rings. The van der Waals surface area contributed by atoms with E-state index in [9.17, 15) is 4.79 Å². The van der Waals surface area contributed by atoms with Gasteiger partial charge >= 0.3 is 0 Å². The van der Waals surface area contributed by atoms with E-state index in [1.807, 2.05) is 0 Å². The van der Waals surface area contributed by atoms with Gasteiger partial charge in [-0.25, -0.2) is 4.98 Å². The zero-order valence-corrected chi connectivity index (χ0v) is 12.7. The monoisotopic (exact) mass is 293 g/mol. The van der Waals surface area contributed by atoms with Crippen molar-refractivity contribution in [2.24, 2.45) is 17.6 Å². The van der Waals surface area contributed by atoms with Crippen LogP contribution in [-0.4, -0.2) is 17.4 Å². The van der Waals surface area contributed by atoms with Crippen LogP contribution >= 0.6 is 11.3 Å². The molecule has 2 aliphatic rings. The molecule has 1 amide bonds. The molecule has 4 nitrogen and oxygen atoms in total. The SMILES string of the molecule is NCC1CCCCC1C(=O)Nc1nc2c(s1)CCCC2. The average molecular weight is 293 g/mol. The van der Waals surface area contributed by atoms with Gasteiger partial charge in [-0.2, -0.15) is 0 Å². The number of carbonyl (C=O) groups excluding carboxylic acids is 1. The molecule has 0 saturated heterocycles. The molecule has 0 radical (unpaired) electrons. The lowest BCUT2D eigenvalue weighted by Gasteiger charge is -2.29. The standard InChI is InChI=1S/C15H23N3OS/c16-9-10-5-1-2-6-11(10)14(19)18-15-17-12-7-3-4-8-13(12)20-15/h10-11H,1-9,16H2,(H,17,18,19). The van der Waals surface area contributed by atoms with Crippen molar-refractivity contribution in [2.75, 3.05) is 11.9 Å². The summed E-state index contributed by atoms with van der Waals surface area (Å²) < 4.78 is 0. The van der Waals surface area contributed by atoms with Crippen molar-refractivity contribution in [3.05, 3.63) is 10.6 Å². The topological polar surface area (TPSA) is 68.0 Å². The number of carbonyl (C=O) groups is 1. The molecule has 0 aromatic carbocycles. The summed E-state index contributed by atoms with van der Waals surface area (Å²) in [5.41, 5.74) is 7.02. The van der Waals surface area contributed by atoms with Crippen LogP contribution in [0.15, 0.2) is 0 Å². The van der Waals surface area contributed by atoms with Gasteiger partial charge in [0.15, 0.2) is 5.13 Å². The first kappa shape index (κ1) is 14.0.